The number of benzene rings is 3. The third-order valence-corrected chi connectivity index (χ3v) is 7.67. The standard InChI is InChI=1S/C25H23ClFNO6S/c1-32-24-14-20(8-9-21(24)27)35(30,31)28-15-19(7-11-25(29)33-2)34-23-10-6-17(13-22(23)28)16-4-3-5-18(26)12-16/h3-6,8-10,12-14,19H,7,11,15H2,1-2H3/t19-/m0/s1. The number of nitrogens with zero attached hydrogens (tertiary/aromatic N) is 1. The van der Waals surface area contributed by atoms with E-state index in [1.165, 1.54) is 24.6 Å². The van der Waals surface area contributed by atoms with Crippen molar-refractivity contribution in [2.45, 2.75) is 23.8 Å². The maximum Gasteiger partial charge on any atom is 0.305 e. The first kappa shape index (κ1) is 24.8. The van der Waals surface area contributed by atoms with Crippen molar-refractivity contribution in [2.75, 3.05) is 25.1 Å². The maximum absolute atomic E-state index is 14.0. The van der Waals surface area contributed by atoms with Crippen LogP contribution in [0.4, 0.5) is 10.1 Å². The number of anilines is 1. The molecule has 0 N–H and O–H groups in total. The van der Waals surface area contributed by atoms with E-state index in [9.17, 15) is 17.6 Å². The van der Waals surface area contributed by atoms with E-state index in [1.807, 2.05) is 6.07 Å². The molecule has 0 radical (unpaired) electrons. The number of hydrogen-bond acceptors (Lipinski definition) is 6. The highest BCUT2D eigenvalue weighted by Gasteiger charge is 2.35. The van der Waals surface area contributed by atoms with Gasteiger partial charge in [0.25, 0.3) is 10.0 Å². The average molecular weight is 520 g/mol. The molecule has 0 aromatic heterocycles. The van der Waals surface area contributed by atoms with Crippen molar-refractivity contribution < 1.29 is 31.8 Å². The predicted molar refractivity (Wildman–Crippen MR) is 130 cm³/mol. The van der Waals surface area contributed by atoms with E-state index in [2.05, 4.69) is 0 Å². The summed E-state index contributed by atoms with van der Waals surface area (Å²) in [5.74, 6) is -0.939. The molecular weight excluding hydrogens is 497 g/mol. The number of carbonyl (C=O) groups excluding carboxylic acids is 1. The lowest BCUT2D eigenvalue weighted by Crippen LogP contribution is -2.43. The van der Waals surface area contributed by atoms with Gasteiger partial charge in [-0.2, -0.15) is 0 Å². The fourth-order valence-corrected chi connectivity index (χ4v) is 5.55. The first-order valence-electron chi connectivity index (χ1n) is 10.7. The van der Waals surface area contributed by atoms with Gasteiger partial charge in [0.15, 0.2) is 11.6 Å². The van der Waals surface area contributed by atoms with E-state index < -0.39 is 27.9 Å². The van der Waals surface area contributed by atoms with Crippen LogP contribution in [-0.4, -0.2) is 41.3 Å². The Labute approximate surface area is 208 Å². The van der Waals surface area contributed by atoms with Crippen molar-refractivity contribution in [3.63, 3.8) is 0 Å². The molecule has 0 unspecified atom stereocenters. The Morgan fingerprint density at radius 1 is 1.11 bits per heavy atom. The molecule has 1 aliphatic heterocycles. The van der Waals surface area contributed by atoms with Gasteiger partial charge in [-0.25, -0.2) is 12.8 Å². The normalized spacial score (nSPS) is 15.2. The topological polar surface area (TPSA) is 82.1 Å². The van der Waals surface area contributed by atoms with Crippen LogP contribution >= 0.6 is 11.6 Å². The molecule has 1 aliphatic rings. The smallest absolute Gasteiger partial charge is 0.305 e. The Bertz CT molecular complexity index is 1360. The molecule has 0 bridgehead atoms. The van der Waals surface area contributed by atoms with Gasteiger partial charge in [-0.1, -0.05) is 29.8 Å². The second kappa shape index (κ2) is 10.1. The van der Waals surface area contributed by atoms with Crippen molar-refractivity contribution in [1.29, 1.82) is 0 Å². The number of halogens is 2. The summed E-state index contributed by atoms with van der Waals surface area (Å²) in [6.45, 7) is -0.0506. The summed E-state index contributed by atoms with van der Waals surface area (Å²) in [6.07, 6.45) is -0.285. The fraction of sp³-hybridized carbons (Fsp3) is 0.240. The van der Waals surface area contributed by atoms with Crippen molar-refractivity contribution in [3.05, 3.63) is 71.5 Å². The first-order chi connectivity index (χ1) is 16.7. The minimum absolute atomic E-state index is 0.0506. The molecule has 0 amide bonds. The van der Waals surface area contributed by atoms with E-state index in [0.29, 0.717) is 16.5 Å². The highest BCUT2D eigenvalue weighted by atomic mass is 35.5. The molecule has 3 aromatic rings. The largest absolute Gasteiger partial charge is 0.494 e. The van der Waals surface area contributed by atoms with E-state index in [-0.39, 0.29) is 30.0 Å². The zero-order valence-corrected chi connectivity index (χ0v) is 20.6. The molecule has 0 saturated heterocycles. The molecule has 0 fully saturated rings. The third kappa shape index (κ3) is 5.21. The molecule has 7 nitrogen and oxygen atoms in total. The van der Waals surface area contributed by atoms with Crippen LogP contribution in [0, 0.1) is 5.82 Å². The summed E-state index contributed by atoms with van der Waals surface area (Å²) in [4.78, 5) is 11.5. The molecule has 0 aliphatic carbocycles. The average Bonchev–Trinajstić information content (AvgIpc) is 2.86. The van der Waals surface area contributed by atoms with Gasteiger partial charge in [-0.15, -0.1) is 0 Å². The van der Waals surface area contributed by atoms with Gasteiger partial charge >= 0.3 is 5.97 Å². The third-order valence-electron chi connectivity index (χ3n) is 5.66. The van der Waals surface area contributed by atoms with Crippen LogP contribution in [0.5, 0.6) is 11.5 Å². The zero-order valence-electron chi connectivity index (χ0n) is 19.0. The summed E-state index contributed by atoms with van der Waals surface area (Å²) >= 11 is 6.14. The number of rotatable bonds is 7. The molecule has 184 valence electrons. The summed E-state index contributed by atoms with van der Waals surface area (Å²) in [7, 11) is -1.59. The van der Waals surface area contributed by atoms with Gasteiger partial charge in [0.05, 0.1) is 31.3 Å². The lowest BCUT2D eigenvalue weighted by molar-refractivity contribution is -0.141. The van der Waals surface area contributed by atoms with Crippen LogP contribution in [0.3, 0.4) is 0 Å². The molecule has 0 saturated carbocycles. The minimum Gasteiger partial charge on any atom is -0.494 e. The monoisotopic (exact) mass is 519 g/mol. The van der Waals surface area contributed by atoms with Gasteiger partial charge in [0.2, 0.25) is 0 Å². The molecule has 10 heteroatoms. The Hall–Kier alpha value is -3.30. The molecule has 3 aromatic carbocycles. The number of esters is 1. The van der Waals surface area contributed by atoms with Crippen LogP contribution < -0.4 is 13.8 Å². The predicted octanol–water partition coefficient (Wildman–Crippen LogP) is 5.06. The Morgan fingerprint density at radius 2 is 1.89 bits per heavy atom. The lowest BCUT2D eigenvalue weighted by atomic mass is 10.0. The number of methoxy groups -OCH3 is 2. The van der Waals surface area contributed by atoms with Gasteiger partial charge < -0.3 is 14.2 Å². The van der Waals surface area contributed by atoms with E-state index >= 15 is 0 Å². The van der Waals surface area contributed by atoms with Gasteiger partial charge in [-0.05, 0) is 53.9 Å². The summed E-state index contributed by atoms with van der Waals surface area (Å²) < 4.78 is 58.4. The first-order valence-corrected chi connectivity index (χ1v) is 12.5. The molecule has 35 heavy (non-hydrogen) atoms. The van der Waals surface area contributed by atoms with E-state index in [1.54, 1.807) is 36.4 Å². The maximum atomic E-state index is 14.0. The van der Waals surface area contributed by atoms with Gasteiger partial charge in [-0.3, -0.25) is 9.10 Å². The number of hydrogen-bond donors (Lipinski definition) is 0. The summed E-state index contributed by atoms with van der Waals surface area (Å²) in [5.41, 5.74) is 1.86. The second-order valence-electron chi connectivity index (χ2n) is 7.88. The number of carbonyl (C=O) groups is 1. The van der Waals surface area contributed by atoms with Gasteiger partial charge in [0, 0.05) is 17.5 Å². The van der Waals surface area contributed by atoms with Crippen LogP contribution in [0.1, 0.15) is 12.8 Å². The number of ether oxygens (including phenoxy) is 3. The Kier molecular flexibility index (Phi) is 7.18. The van der Waals surface area contributed by atoms with Crippen molar-refractivity contribution in [1.82, 2.24) is 0 Å². The van der Waals surface area contributed by atoms with Crippen LogP contribution in [0.2, 0.25) is 5.02 Å². The second-order valence-corrected chi connectivity index (χ2v) is 10.2. The summed E-state index contributed by atoms with van der Waals surface area (Å²) in [6, 6.07) is 15.8. The number of fused-ring (bicyclic) bond motifs is 1. The quantitative estimate of drug-likeness (QED) is 0.406. The minimum atomic E-state index is -4.14. The van der Waals surface area contributed by atoms with Gasteiger partial charge in [0.1, 0.15) is 11.9 Å². The van der Waals surface area contributed by atoms with E-state index in [0.717, 1.165) is 23.3 Å². The molecule has 1 heterocycles. The Balaban J connectivity index is 1.79. The number of sulfonamides is 1. The van der Waals surface area contributed by atoms with Crippen LogP contribution in [0.25, 0.3) is 11.1 Å². The molecule has 4 rings (SSSR count). The van der Waals surface area contributed by atoms with Crippen molar-refractivity contribution in [2.24, 2.45) is 0 Å². The lowest BCUT2D eigenvalue weighted by Gasteiger charge is -2.36. The SMILES string of the molecule is COC(=O)CC[C@H]1CN(S(=O)(=O)c2ccc(F)c(OC)c2)c2cc(-c3cccc(Cl)c3)ccc2O1. The molecular formula is C25H23ClFNO6S. The molecule has 1 atom stereocenters. The summed E-state index contributed by atoms with van der Waals surface area (Å²) in [5, 5.41) is 0.544. The Morgan fingerprint density at radius 3 is 2.60 bits per heavy atom. The fourth-order valence-electron chi connectivity index (χ4n) is 3.85. The van der Waals surface area contributed by atoms with Crippen LogP contribution in [0.15, 0.2) is 65.6 Å². The highest BCUT2D eigenvalue weighted by molar-refractivity contribution is 7.92. The van der Waals surface area contributed by atoms with Crippen molar-refractivity contribution >= 4 is 33.3 Å². The van der Waals surface area contributed by atoms with Crippen molar-refractivity contribution in [3.8, 4) is 22.6 Å². The van der Waals surface area contributed by atoms with E-state index in [4.69, 9.17) is 25.8 Å². The molecule has 0 spiro atoms. The highest BCUT2D eigenvalue weighted by Crippen LogP contribution is 2.41. The van der Waals surface area contributed by atoms with Crippen LogP contribution in [-0.2, 0) is 19.6 Å². The zero-order chi connectivity index (χ0) is 25.2.